The molecule has 0 radical (unpaired) electrons. The molecule has 0 aromatic rings. The minimum absolute atomic E-state index is 0. The maximum Gasteiger partial charge on any atom is 0.0187 e. The first-order chi connectivity index (χ1) is 2.81. The molecule has 2 heteroatoms. The van der Waals surface area contributed by atoms with Gasteiger partial charge in [0.05, 0.1) is 0 Å². The third-order valence-electron chi connectivity index (χ3n) is 2.24. The van der Waals surface area contributed by atoms with Crippen LogP contribution in [0.15, 0.2) is 0 Å². The zero-order valence-corrected chi connectivity index (χ0v) is 5.00. The van der Waals surface area contributed by atoms with Crippen LogP contribution in [0, 0.1) is 5.92 Å². The van der Waals surface area contributed by atoms with Gasteiger partial charge in [-0.1, -0.05) is 0 Å². The molecule has 0 spiro atoms. The zero-order valence-electron chi connectivity index (χ0n) is 4.18. The van der Waals surface area contributed by atoms with E-state index in [1.54, 1.807) is 0 Å². The quantitative estimate of drug-likeness (QED) is 0.504. The molecule has 0 aromatic carbocycles. The maximum absolute atomic E-state index is 5.70. The van der Waals surface area contributed by atoms with Crippen LogP contribution in [0.2, 0.25) is 0 Å². The van der Waals surface area contributed by atoms with Crippen molar-refractivity contribution in [2.24, 2.45) is 11.7 Å². The van der Waals surface area contributed by atoms with Crippen molar-refractivity contribution in [3.63, 3.8) is 0 Å². The molecule has 0 heterocycles. The Labute approximate surface area is 49.7 Å². The van der Waals surface area contributed by atoms with E-state index >= 15 is 0 Å². The second-order valence-corrected chi connectivity index (χ2v) is 2.67. The van der Waals surface area contributed by atoms with E-state index in [9.17, 15) is 0 Å². The smallest absolute Gasteiger partial charge is 0.0187 e. The summed E-state index contributed by atoms with van der Waals surface area (Å²) in [6.45, 7) is 0. The van der Waals surface area contributed by atoms with Gasteiger partial charge in [-0.15, -0.1) is 12.4 Å². The third-order valence-corrected chi connectivity index (χ3v) is 2.24. The first-order valence-electron chi connectivity index (χ1n) is 2.60. The monoisotopic (exact) mass is 119 g/mol. The topological polar surface area (TPSA) is 26.0 Å². The largest absolute Gasteiger partial charge is 0.325 e. The summed E-state index contributed by atoms with van der Waals surface area (Å²) in [4.78, 5) is 0. The van der Waals surface area contributed by atoms with Crippen LogP contribution in [-0.2, 0) is 0 Å². The summed E-state index contributed by atoms with van der Waals surface area (Å²) in [6.07, 6.45) is 4.04. The van der Waals surface area contributed by atoms with Crippen LogP contribution in [-0.4, -0.2) is 5.54 Å². The highest BCUT2D eigenvalue weighted by molar-refractivity contribution is 5.85. The molecule has 42 valence electrons. The van der Waals surface area contributed by atoms with Crippen LogP contribution >= 0.6 is 12.4 Å². The minimum Gasteiger partial charge on any atom is -0.325 e. The molecule has 0 amide bonds. The van der Waals surface area contributed by atoms with E-state index in [1.807, 2.05) is 0 Å². The Morgan fingerprint density at radius 3 is 2.14 bits per heavy atom. The summed E-state index contributed by atoms with van der Waals surface area (Å²) in [5.41, 5.74) is 6.08. The first kappa shape index (κ1) is 5.39. The summed E-state index contributed by atoms with van der Waals surface area (Å²) >= 11 is 0. The van der Waals surface area contributed by atoms with Crippen molar-refractivity contribution < 1.29 is 0 Å². The molecule has 7 heavy (non-hydrogen) atoms. The standard InChI is InChI=1S/C5H9N.ClH/c6-5-2-1-4(5)3-5;/h4H,1-3,6H2;1H. The van der Waals surface area contributed by atoms with Gasteiger partial charge in [0.1, 0.15) is 0 Å². The van der Waals surface area contributed by atoms with Crippen molar-refractivity contribution in [2.45, 2.75) is 24.8 Å². The fraction of sp³-hybridized carbons (Fsp3) is 1.00. The van der Waals surface area contributed by atoms with E-state index in [-0.39, 0.29) is 12.4 Å². The number of hydrogen-bond acceptors (Lipinski definition) is 1. The van der Waals surface area contributed by atoms with E-state index in [0.29, 0.717) is 5.54 Å². The van der Waals surface area contributed by atoms with Gasteiger partial charge in [-0.25, -0.2) is 0 Å². The van der Waals surface area contributed by atoms with E-state index in [4.69, 9.17) is 5.73 Å². The molecular formula is C5H10ClN. The average Bonchev–Trinajstić information content (AvgIpc) is 1.88. The SMILES string of the molecule is Cl.NC12CCC1C2. The van der Waals surface area contributed by atoms with E-state index in [0.717, 1.165) is 5.92 Å². The zero-order chi connectivity index (χ0) is 4.20. The molecule has 2 saturated carbocycles. The molecule has 2 fully saturated rings. The molecule has 0 bridgehead atoms. The molecule has 2 unspecified atom stereocenters. The summed E-state index contributed by atoms with van der Waals surface area (Å²) in [5.74, 6) is 0.956. The Balaban J connectivity index is 0.000000245. The van der Waals surface area contributed by atoms with Crippen molar-refractivity contribution in [2.75, 3.05) is 0 Å². The van der Waals surface area contributed by atoms with Gasteiger partial charge in [-0.05, 0) is 25.2 Å². The van der Waals surface area contributed by atoms with Gasteiger partial charge in [0, 0.05) is 5.54 Å². The number of rotatable bonds is 0. The number of fused-ring (bicyclic) bond motifs is 1. The van der Waals surface area contributed by atoms with Gasteiger partial charge >= 0.3 is 0 Å². The molecule has 0 aliphatic heterocycles. The highest BCUT2D eigenvalue weighted by atomic mass is 35.5. The van der Waals surface area contributed by atoms with E-state index in [1.165, 1.54) is 19.3 Å². The lowest BCUT2D eigenvalue weighted by molar-refractivity contribution is 0.400. The van der Waals surface area contributed by atoms with Crippen LogP contribution in [0.4, 0.5) is 0 Å². The van der Waals surface area contributed by atoms with Gasteiger partial charge < -0.3 is 5.73 Å². The minimum atomic E-state index is 0. The lowest BCUT2D eigenvalue weighted by atomic mass is 9.94. The number of nitrogens with two attached hydrogens (primary N) is 1. The van der Waals surface area contributed by atoms with Gasteiger partial charge in [-0.3, -0.25) is 0 Å². The van der Waals surface area contributed by atoms with Crippen LogP contribution in [0.3, 0.4) is 0 Å². The van der Waals surface area contributed by atoms with Crippen LogP contribution in [0.25, 0.3) is 0 Å². The molecular weight excluding hydrogens is 110 g/mol. The Hall–Kier alpha value is 0.250. The molecule has 2 atom stereocenters. The van der Waals surface area contributed by atoms with Gasteiger partial charge in [0.15, 0.2) is 0 Å². The fourth-order valence-corrected chi connectivity index (χ4v) is 1.32. The number of hydrogen-bond donors (Lipinski definition) is 1. The summed E-state index contributed by atoms with van der Waals surface area (Å²) in [6, 6.07) is 0. The van der Waals surface area contributed by atoms with Crippen molar-refractivity contribution in [1.82, 2.24) is 0 Å². The Bertz CT molecular complexity index is 90.1. The molecule has 2 aliphatic rings. The van der Waals surface area contributed by atoms with Crippen LogP contribution in [0.1, 0.15) is 19.3 Å². The van der Waals surface area contributed by atoms with Crippen LogP contribution in [0.5, 0.6) is 0 Å². The fourth-order valence-electron chi connectivity index (χ4n) is 1.32. The third kappa shape index (κ3) is 0.485. The van der Waals surface area contributed by atoms with Crippen molar-refractivity contribution in [1.29, 1.82) is 0 Å². The average molecular weight is 120 g/mol. The molecule has 0 saturated heterocycles. The predicted molar refractivity (Wildman–Crippen MR) is 31.5 cm³/mol. The molecule has 1 nitrogen and oxygen atoms in total. The van der Waals surface area contributed by atoms with E-state index in [2.05, 4.69) is 0 Å². The highest BCUT2D eigenvalue weighted by Crippen LogP contribution is 2.57. The van der Waals surface area contributed by atoms with Crippen LogP contribution < -0.4 is 5.73 Å². The molecule has 2 rings (SSSR count). The van der Waals surface area contributed by atoms with Crippen molar-refractivity contribution in [3.8, 4) is 0 Å². The Morgan fingerprint density at radius 1 is 1.57 bits per heavy atom. The van der Waals surface area contributed by atoms with Crippen molar-refractivity contribution in [3.05, 3.63) is 0 Å². The highest BCUT2D eigenvalue weighted by Gasteiger charge is 2.57. The second kappa shape index (κ2) is 1.15. The Kier molecular flexibility index (Phi) is 0.884. The van der Waals surface area contributed by atoms with Gasteiger partial charge in [-0.2, -0.15) is 0 Å². The molecule has 2 aliphatic carbocycles. The van der Waals surface area contributed by atoms with Gasteiger partial charge in [0.25, 0.3) is 0 Å². The number of halogens is 1. The predicted octanol–water partition coefficient (Wildman–Crippen LogP) is 0.919. The van der Waals surface area contributed by atoms with Gasteiger partial charge in [0.2, 0.25) is 0 Å². The lowest BCUT2D eigenvalue weighted by Gasteiger charge is -2.18. The Morgan fingerprint density at radius 2 is 2.14 bits per heavy atom. The first-order valence-corrected chi connectivity index (χ1v) is 2.60. The lowest BCUT2D eigenvalue weighted by Crippen LogP contribution is -2.31. The summed E-state index contributed by atoms with van der Waals surface area (Å²) < 4.78 is 0. The summed E-state index contributed by atoms with van der Waals surface area (Å²) in [7, 11) is 0. The van der Waals surface area contributed by atoms with E-state index < -0.39 is 0 Å². The molecule has 0 aromatic heterocycles. The van der Waals surface area contributed by atoms with Crippen molar-refractivity contribution >= 4 is 12.4 Å². The second-order valence-electron chi connectivity index (χ2n) is 2.67. The molecule has 2 N–H and O–H groups in total. The normalized spacial score (nSPS) is 53.6. The maximum atomic E-state index is 5.70. The summed E-state index contributed by atoms with van der Waals surface area (Å²) in [5, 5.41) is 0.